The second kappa shape index (κ2) is 6.91. The van der Waals surface area contributed by atoms with Crippen LogP contribution in [0.2, 0.25) is 0 Å². The van der Waals surface area contributed by atoms with Gasteiger partial charge in [0.15, 0.2) is 10.4 Å². The van der Waals surface area contributed by atoms with Gasteiger partial charge >= 0.3 is 5.69 Å². The van der Waals surface area contributed by atoms with Crippen LogP contribution in [0.3, 0.4) is 0 Å². The lowest BCUT2D eigenvalue weighted by atomic mass is 10.3. The van der Waals surface area contributed by atoms with Gasteiger partial charge in [0, 0.05) is 46.3 Å². The number of amides is 1. The van der Waals surface area contributed by atoms with Crippen molar-refractivity contribution in [1.29, 1.82) is 0 Å². The second-order valence-electron chi connectivity index (χ2n) is 5.98. The van der Waals surface area contributed by atoms with Crippen molar-refractivity contribution < 1.29 is 9.21 Å². The number of hydrogen-bond donors (Lipinski definition) is 0. The fourth-order valence-electron chi connectivity index (χ4n) is 2.96. The molecule has 0 aliphatic carbocycles. The number of hydrogen-bond acceptors (Lipinski definition) is 5. The summed E-state index contributed by atoms with van der Waals surface area (Å²) in [6.45, 7) is 2.27. The minimum atomic E-state index is -0.361. The molecule has 3 heterocycles. The number of aromatic nitrogens is 2. The lowest BCUT2D eigenvalue weighted by molar-refractivity contribution is 0.0733. The van der Waals surface area contributed by atoms with E-state index < -0.39 is 0 Å². The van der Waals surface area contributed by atoms with Gasteiger partial charge < -0.3 is 14.2 Å². The van der Waals surface area contributed by atoms with Gasteiger partial charge in [0.2, 0.25) is 0 Å². The first kappa shape index (κ1) is 17.5. The van der Waals surface area contributed by atoms with Gasteiger partial charge in [0.25, 0.3) is 11.5 Å². The van der Waals surface area contributed by atoms with E-state index in [1.165, 1.54) is 17.7 Å². The number of anilines is 1. The van der Waals surface area contributed by atoms with Crippen molar-refractivity contribution in [2.45, 2.75) is 6.42 Å². The predicted octanol–water partition coefficient (Wildman–Crippen LogP) is 0.792. The molecule has 0 radical (unpaired) electrons. The summed E-state index contributed by atoms with van der Waals surface area (Å²) in [4.78, 5) is 40.3. The van der Waals surface area contributed by atoms with Gasteiger partial charge in [-0.1, -0.05) is 0 Å². The zero-order chi connectivity index (χ0) is 18.1. The Morgan fingerprint density at radius 1 is 1.08 bits per heavy atom. The summed E-state index contributed by atoms with van der Waals surface area (Å²) >= 11 is 3.20. The average Bonchev–Trinajstić information content (AvgIpc) is 2.88. The summed E-state index contributed by atoms with van der Waals surface area (Å²) in [6, 6.07) is 4.79. The summed E-state index contributed by atoms with van der Waals surface area (Å²) in [7, 11) is 3.10. The van der Waals surface area contributed by atoms with Crippen molar-refractivity contribution in [3.63, 3.8) is 0 Å². The van der Waals surface area contributed by atoms with Crippen molar-refractivity contribution in [3.8, 4) is 0 Å². The van der Waals surface area contributed by atoms with Gasteiger partial charge in [-0.3, -0.25) is 18.7 Å². The lowest BCUT2D eigenvalue weighted by Crippen LogP contribution is -2.41. The first-order chi connectivity index (χ1) is 11.9. The molecule has 134 valence electrons. The number of carbonyl (C=O) groups excluding carboxylic acids is 1. The molecule has 25 heavy (non-hydrogen) atoms. The van der Waals surface area contributed by atoms with Crippen LogP contribution < -0.4 is 16.1 Å². The molecule has 2 aromatic heterocycles. The molecular weight excluding hydrogens is 392 g/mol. The molecule has 0 aromatic carbocycles. The van der Waals surface area contributed by atoms with Crippen LogP contribution in [0.15, 0.2) is 36.9 Å². The number of carbonyl (C=O) groups is 1. The molecule has 1 fully saturated rings. The zero-order valence-electron chi connectivity index (χ0n) is 14.1. The predicted molar refractivity (Wildman–Crippen MR) is 96.1 cm³/mol. The van der Waals surface area contributed by atoms with Crippen molar-refractivity contribution in [2.24, 2.45) is 14.1 Å². The topological polar surface area (TPSA) is 80.7 Å². The number of halogens is 1. The van der Waals surface area contributed by atoms with Crippen LogP contribution >= 0.6 is 15.9 Å². The van der Waals surface area contributed by atoms with E-state index in [1.807, 2.05) is 4.90 Å². The quantitative estimate of drug-likeness (QED) is 0.730. The van der Waals surface area contributed by atoms with E-state index in [1.54, 1.807) is 24.1 Å². The Morgan fingerprint density at radius 2 is 1.84 bits per heavy atom. The van der Waals surface area contributed by atoms with Crippen molar-refractivity contribution in [2.75, 3.05) is 31.1 Å². The largest absolute Gasteiger partial charge is 0.444 e. The van der Waals surface area contributed by atoms with Crippen LogP contribution in [0, 0.1) is 0 Å². The molecule has 3 rings (SSSR count). The SMILES string of the molecule is Cn1c(N2CCCN(C(=O)c3ccc(Br)o3)CC2)cc(=O)n(C)c1=O. The molecule has 0 bridgehead atoms. The van der Waals surface area contributed by atoms with Gasteiger partial charge in [-0.05, 0) is 34.5 Å². The van der Waals surface area contributed by atoms with Crippen LogP contribution in [-0.4, -0.2) is 46.1 Å². The van der Waals surface area contributed by atoms with Crippen molar-refractivity contribution >= 4 is 27.7 Å². The first-order valence-electron chi connectivity index (χ1n) is 7.95. The minimum Gasteiger partial charge on any atom is -0.444 e. The molecular formula is C16H19BrN4O4. The number of furan rings is 1. The summed E-state index contributed by atoms with van der Waals surface area (Å²) in [6.07, 6.45) is 0.733. The third-order valence-electron chi connectivity index (χ3n) is 4.39. The first-order valence-corrected chi connectivity index (χ1v) is 8.74. The van der Waals surface area contributed by atoms with Gasteiger partial charge in [0.05, 0.1) is 0 Å². The minimum absolute atomic E-state index is 0.162. The van der Waals surface area contributed by atoms with E-state index in [0.717, 1.165) is 11.0 Å². The normalized spacial score (nSPS) is 15.3. The highest BCUT2D eigenvalue weighted by Crippen LogP contribution is 2.18. The number of rotatable bonds is 2. The molecule has 0 saturated carbocycles. The molecule has 1 saturated heterocycles. The van der Waals surface area contributed by atoms with Gasteiger partial charge in [-0.15, -0.1) is 0 Å². The van der Waals surface area contributed by atoms with Crippen LogP contribution in [0.5, 0.6) is 0 Å². The third kappa shape index (κ3) is 3.41. The monoisotopic (exact) mass is 410 g/mol. The standard InChI is InChI=1S/C16H19BrN4O4/c1-18-13(10-14(22)19(2)16(18)24)20-6-3-7-21(9-8-20)15(23)11-4-5-12(17)25-11/h4-5,10H,3,6-9H2,1-2H3. The van der Waals surface area contributed by atoms with Gasteiger partial charge in [-0.2, -0.15) is 0 Å². The van der Waals surface area contributed by atoms with Crippen molar-refractivity contribution in [1.82, 2.24) is 14.0 Å². The Hall–Kier alpha value is -2.29. The third-order valence-corrected chi connectivity index (χ3v) is 4.82. The maximum absolute atomic E-state index is 12.5. The van der Waals surface area contributed by atoms with E-state index in [2.05, 4.69) is 15.9 Å². The summed E-state index contributed by atoms with van der Waals surface area (Å²) in [5.74, 6) is 0.704. The van der Waals surface area contributed by atoms with Crippen LogP contribution in [-0.2, 0) is 14.1 Å². The maximum Gasteiger partial charge on any atom is 0.332 e. The fraction of sp³-hybridized carbons (Fsp3) is 0.438. The molecule has 1 aliphatic heterocycles. The Morgan fingerprint density at radius 3 is 2.52 bits per heavy atom. The molecule has 1 amide bonds. The Bertz CT molecular complexity index is 914. The Labute approximate surface area is 152 Å². The lowest BCUT2D eigenvalue weighted by Gasteiger charge is -2.25. The molecule has 0 N–H and O–H groups in total. The van der Waals surface area contributed by atoms with Gasteiger partial charge in [-0.25, -0.2) is 4.79 Å². The van der Waals surface area contributed by atoms with E-state index in [-0.39, 0.29) is 17.2 Å². The van der Waals surface area contributed by atoms with Crippen LogP contribution in [0.25, 0.3) is 0 Å². The Balaban J connectivity index is 1.79. The Kier molecular flexibility index (Phi) is 4.85. The highest BCUT2D eigenvalue weighted by molar-refractivity contribution is 9.10. The average molecular weight is 411 g/mol. The van der Waals surface area contributed by atoms with E-state index >= 15 is 0 Å². The summed E-state index contributed by atoms with van der Waals surface area (Å²) < 4.78 is 8.39. The van der Waals surface area contributed by atoms with E-state index in [0.29, 0.717) is 42.4 Å². The maximum atomic E-state index is 12.5. The van der Waals surface area contributed by atoms with E-state index in [9.17, 15) is 14.4 Å². The molecule has 9 heteroatoms. The second-order valence-corrected chi connectivity index (χ2v) is 6.76. The molecule has 0 unspecified atom stereocenters. The van der Waals surface area contributed by atoms with Crippen molar-refractivity contribution in [3.05, 3.63) is 49.5 Å². The summed E-state index contributed by atoms with van der Waals surface area (Å²) in [5.41, 5.74) is -0.698. The van der Waals surface area contributed by atoms with Crippen LogP contribution in [0.4, 0.5) is 5.82 Å². The highest BCUT2D eigenvalue weighted by Gasteiger charge is 2.24. The molecule has 0 spiro atoms. The fourth-order valence-corrected chi connectivity index (χ4v) is 3.27. The van der Waals surface area contributed by atoms with Crippen LogP contribution in [0.1, 0.15) is 17.0 Å². The van der Waals surface area contributed by atoms with Gasteiger partial charge in [0.1, 0.15) is 5.82 Å². The van der Waals surface area contributed by atoms with E-state index in [4.69, 9.17) is 4.42 Å². The smallest absolute Gasteiger partial charge is 0.332 e. The number of nitrogens with zero attached hydrogens (tertiary/aromatic N) is 4. The molecule has 1 aliphatic rings. The zero-order valence-corrected chi connectivity index (χ0v) is 15.7. The molecule has 2 aromatic rings. The molecule has 0 atom stereocenters. The highest BCUT2D eigenvalue weighted by atomic mass is 79.9. The molecule has 8 nitrogen and oxygen atoms in total. The summed E-state index contributed by atoms with van der Waals surface area (Å²) in [5, 5.41) is 0.